The van der Waals surface area contributed by atoms with Crippen LogP contribution in [0.4, 0.5) is 11.6 Å². The number of aromatic nitrogens is 2. The molecule has 4 N–H and O–H groups in total. The highest BCUT2D eigenvalue weighted by atomic mass is 32.2. The van der Waals surface area contributed by atoms with Crippen LogP contribution in [0.15, 0.2) is 58.6 Å². The lowest BCUT2D eigenvalue weighted by Crippen LogP contribution is -2.48. The van der Waals surface area contributed by atoms with E-state index in [0.29, 0.717) is 5.82 Å². The standard InChI is InChI=1S/C20H23N5S/c1-20(22)8-10-25(11-9-20)17-13-23-19(18(21)24-17)26-16-7-6-14-4-2-3-5-15(14)12-16/h2-7,12-13H,8-11,22H2,1H3,(H2,21,24). The first-order chi connectivity index (χ1) is 12.5. The first kappa shape index (κ1) is 17.1. The van der Waals surface area contributed by atoms with Crippen molar-refractivity contribution in [3.05, 3.63) is 48.7 Å². The highest BCUT2D eigenvalue weighted by molar-refractivity contribution is 7.99. The van der Waals surface area contributed by atoms with Crippen molar-refractivity contribution >= 4 is 34.2 Å². The van der Waals surface area contributed by atoms with Gasteiger partial charge in [-0.15, -0.1) is 0 Å². The van der Waals surface area contributed by atoms with Gasteiger partial charge in [-0.2, -0.15) is 0 Å². The van der Waals surface area contributed by atoms with E-state index in [1.807, 2.05) is 18.3 Å². The molecular weight excluding hydrogens is 342 g/mol. The second kappa shape index (κ2) is 6.78. The van der Waals surface area contributed by atoms with E-state index in [1.165, 1.54) is 10.8 Å². The fourth-order valence-electron chi connectivity index (χ4n) is 3.20. The van der Waals surface area contributed by atoms with Crippen molar-refractivity contribution in [2.24, 2.45) is 5.73 Å². The first-order valence-corrected chi connectivity index (χ1v) is 9.65. The molecule has 5 nitrogen and oxygen atoms in total. The maximum absolute atomic E-state index is 6.21. The number of nitrogens with two attached hydrogens (primary N) is 2. The number of nitrogen functional groups attached to an aromatic ring is 1. The van der Waals surface area contributed by atoms with Gasteiger partial charge in [-0.05, 0) is 42.7 Å². The zero-order chi connectivity index (χ0) is 18.1. The van der Waals surface area contributed by atoms with E-state index in [9.17, 15) is 0 Å². The summed E-state index contributed by atoms with van der Waals surface area (Å²) in [4.78, 5) is 12.5. The molecule has 0 aliphatic carbocycles. The topological polar surface area (TPSA) is 81.1 Å². The van der Waals surface area contributed by atoms with Crippen LogP contribution < -0.4 is 16.4 Å². The monoisotopic (exact) mass is 365 g/mol. The molecule has 0 spiro atoms. The van der Waals surface area contributed by atoms with E-state index in [1.54, 1.807) is 11.8 Å². The minimum atomic E-state index is -0.0820. The van der Waals surface area contributed by atoms with Gasteiger partial charge < -0.3 is 16.4 Å². The Labute approximate surface area is 157 Å². The Kier molecular flexibility index (Phi) is 4.46. The van der Waals surface area contributed by atoms with Crippen molar-refractivity contribution in [1.82, 2.24) is 9.97 Å². The maximum atomic E-state index is 6.21. The third-order valence-corrected chi connectivity index (χ3v) is 5.91. The Bertz CT molecular complexity index is 930. The number of hydrogen-bond acceptors (Lipinski definition) is 6. The summed E-state index contributed by atoms with van der Waals surface area (Å²) in [5.41, 5.74) is 12.3. The van der Waals surface area contributed by atoms with Crippen molar-refractivity contribution in [3.8, 4) is 0 Å². The quantitative estimate of drug-likeness (QED) is 0.737. The molecular formula is C20H23N5S. The molecule has 0 bridgehead atoms. The van der Waals surface area contributed by atoms with Crippen LogP contribution in [0, 0.1) is 0 Å². The molecule has 1 aromatic heterocycles. The number of hydrogen-bond donors (Lipinski definition) is 2. The van der Waals surface area contributed by atoms with Gasteiger partial charge in [0.2, 0.25) is 0 Å². The van der Waals surface area contributed by atoms with Crippen LogP contribution in [0.5, 0.6) is 0 Å². The van der Waals surface area contributed by atoms with Gasteiger partial charge in [0.15, 0.2) is 5.82 Å². The summed E-state index contributed by atoms with van der Waals surface area (Å²) in [5, 5.41) is 3.17. The Hall–Kier alpha value is -2.31. The van der Waals surface area contributed by atoms with Gasteiger partial charge in [0, 0.05) is 23.5 Å². The van der Waals surface area contributed by atoms with E-state index >= 15 is 0 Å². The Morgan fingerprint density at radius 1 is 1.08 bits per heavy atom. The van der Waals surface area contributed by atoms with Crippen LogP contribution >= 0.6 is 11.8 Å². The molecule has 1 saturated heterocycles. The largest absolute Gasteiger partial charge is 0.381 e. The third kappa shape index (κ3) is 3.61. The van der Waals surface area contributed by atoms with Crippen molar-refractivity contribution in [2.75, 3.05) is 23.7 Å². The fraction of sp³-hybridized carbons (Fsp3) is 0.300. The summed E-state index contributed by atoms with van der Waals surface area (Å²) < 4.78 is 0. The molecule has 0 amide bonds. The van der Waals surface area contributed by atoms with Crippen LogP contribution in [0.25, 0.3) is 10.8 Å². The smallest absolute Gasteiger partial charge is 0.158 e. The predicted octanol–water partition coefficient (Wildman–Crippen LogP) is 3.68. The predicted molar refractivity (Wildman–Crippen MR) is 109 cm³/mol. The Morgan fingerprint density at radius 3 is 2.54 bits per heavy atom. The van der Waals surface area contributed by atoms with Gasteiger partial charge in [-0.1, -0.05) is 42.1 Å². The Balaban J connectivity index is 1.52. The summed E-state index contributed by atoms with van der Waals surface area (Å²) in [7, 11) is 0. The summed E-state index contributed by atoms with van der Waals surface area (Å²) in [6, 6.07) is 14.7. The minimum Gasteiger partial charge on any atom is -0.381 e. The average Bonchev–Trinajstić information content (AvgIpc) is 2.63. The summed E-state index contributed by atoms with van der Waals surface area (Å²) in [5.74, 6) is 1.31. The van der Waals surface area contributed by atoms with Crippen LogP contribution in [0.3, 0.4) is 0 Å². The van der Waals surface area contributed by atoms with E-state index in [4.69, 9.17) is 11.5 Å². The molecule has 1 aliphatic rings. The van der Waals surface area contributed by atoms with E-state index < -0.39 is 0 Å². The van der Waals surface area contributed by atoms with Gasteiger partial charge in [0.1, 0.15) is 10.8 Å². The molecule has 6 heteroatoms. The van der Waals surface area contributed by atoms with Gasteiger partial charge >= 0.3 is 0 Å². The van der Waals surface area contributed by atoms with E-state index in [0.717, 1.165) is 41.7 Å². The number of rotatable bonds is 3. The molecule has 3 aromatic rings. The number of piperidine rings is 1. The zero-order valence-corrected chi connectivity index (χ0v) is 15.7. The molecule has 1 fully saturated rings. The number of anilines is 2. The average molecular weight is 366 g/mol. The Morgan fingerprint density at radius 2 is 1.81 bits per heavy atom. The SMILES string of the molecule is CC1(N)CCN(c2cnc(Sc3ccc4ccccc4c3)c(N)n2)CC1. The lowest BCUT2D eigenvalue weighted by atomic mass is 9.91. The number of fused-ring (bicyclic) bond motifs is 1. The van der Waals surface area contributed by atoms with Crippen molar-refractivity contribution in [3.63, 3.8) is 0 Å². The van der Waals surface area contributed by atoms with Crippen molar-refractivity contribution < 1.29 is 0 Å². The third-order valence-electron chi connectivity index (χ3n) is 4.92. The van der Waals surface area contributed by atoms with Gasteiger partial charge in [0.05, 0.1) is 6.20 Å². The number of nitrogens with zero attached hydrogens (tertiary/aromatic N) is 3. The molecule has 26 heavy (non-hydrogen) atoms. The van der Waals surface area contributed by atoms with Crippen LogP contribution in [-0.2, 0) is 0 Å². The molecule has 0 unspecified atom stereocenters. The highest BCUT2D eigenvalue weighted by Crippen LogP contribution is 2.33. The molecule has 2 aromatic carbocycles. The lowest BCUT2D eigenvalue weighted by molar-refractivity contribution is 0.363. The molecule has 4 rings (SSSR count). The zero-order valence-electron chi connectivity index (χ0n) is 14.9. The van der Waals surface area contributed by atoms with Gasteiger partial charge in [-0.25, -0.2) is 9.97 Å². The first-order valence-electron chi connectivity index (χ1n) is 8.83. The maximum Gasteiger partial charge on any atom is 0.158 e. The molecule has 0 saturated carbocycles. The molecule has 0 radical (unpaired) electrons. The second-order valence-electron chi connectivity index (χ2n) is 7.17. The van der Waals surface area contributed by atoms with Crippen molar-refractivity contribution in [1.29, 1.82) is 0 Å². The van der Waals surface area contributed by atoms with Gasteiger partial charge in [0.25, 0.3) is 0 Å². The van der Waals surface area contributed by atoms with Crippen molar-refractivity contribution in [2.45, 2.75) is 35.2 Å². The summed E-state index contributed by atoms with van der Waals surface area (Å²) in [6.07, 6.45) is 3.71. The highest BCUT2D eigenvalue weighted by Gasteiger charge is 2.26. The molecule has 134 valence electrons. The lowest BCUT2D eigenvalue weighted by Gasteiger charge is -2.37. The van der Waals surface area contributed by atoms with Crippen LogP contribution in [0.1, 0.15) is 19.8 Å². The van der Waals surface area contributed by atoms with Crippen LogP contribution in [-0.4, -0.2) is 28.6 Å². The fourth-order valence-corrected chi connectivity index (χ4v) is 4.00. The van der Waals surface area contributed by atoms with E-state index in [2.05, 4.69) is 52.1 Å². The molecule has 1 aliphatic heterocycles. The molecule has 2 heterocycles. The van der Waals surface area contributed by atoms with Gasteiger partial charge in [-0.3, -0.25) is 0 Å². The summed E-state index contributed by atoms with van der Waals surface area (Å²) in [6.45, 7) is 3.88. The summed E-state index contributed by atoms with van der Waals surface area (Å²) >= 11 is 1.55. The molecule has 0 atom stereocenters. The normalized spacial score (nSPS) is 16.8. The van der Waals surface area contributed by atoms with E-state index in [-0.39, 0.29) is 5.54 Å². The van der Waals surface area contributed by atoms with Crippen LogP contribution in [0.2, 0.25) is 0 Å². The minimum absolute atomic E-state index is 0.0820. The second-order valence-corrected chi connectivity index (χ2v) is 8.23. The number of benzene rings is 2.